The summed E-state index contributed by atoms with van der Waals surface area (Å²) < 4.78 is 1.74. The number of nitrogens with one attached hydrogen (secondary N) is 2. The van der Waals surface area contributed by atoms with Gasteiger partial charge >= 0.3 is 0 Å². The summed E-state index contributed by atoms with van der Waals surface area (Å²) in [6, 6.07) is 0. The Kier molecular flexibility index (Phi) is 6.85. The number of likely N-dealkylation sites (tertiary alicyclic amines) is 1. The van der Waals surface area contributed by atoms with Gasteiger partial charge in [0.1, 0.15) is 0 Å². The molecule has 2 fully saturated rings. The van der Waals surface area contributed by atoms with Crippen molar-refractivity contribution in [3.05, 3.63) is 11.9 Å². The SMILES string of the molecule is Cc1c(NC(=O)CN2CC3CNCC3(CO)C2)cnn1C.Cl.Cl. The van der Waals surface area contributed by atoms with Crippen LogP contribution in [0.5, 0.6) is 0 Å². The molecule has 2 atom stereocenters. The van der Waals surface area contributed by atoms with Crippen LogP contribution in [0.25, 0.3) is 0 Å². The molecule has 2 aliphatic heterocycles. The standard InChI is InChI=1S/C14H23N5O2.2ClH/c1-10-12(4-16-18(10)2)17-13(21)6-19-5-11-3-15-7-14(11,8-19)9-20;;/h4,11,15,20H,3,5-9H2,1-2H3,(H,17,21);2*1H. The number of carbonyl (C=O) groups excluding carboxylic acids is 1. The van der Waals surface area contributed by atoms with Gasteiger partial charge in [-0.25, -0.2) is 0 Å². The molecule has 0 aliphatic carbocycles. The second-order valence-corrected chi connectivity index (χ2v) is 6.33. The van der Waals surface area contributed by atoms with Crippen LogP contribution in [0.3, 0.4) is 0 Å². The number of aliphatic hydroxyl groups is 1. The molecule has 9 heteroatoms. The Labute approximate surface area is 148 Å². The van der Waals surface area contributed by atoms with Gasteiger partial charge in [0.25, 0.3) is 0 Å². The van der Waals surface area contributed by atoms with Gasteiger partial charge in [-0.3, -0.25) is 14.4 Å². The summed E-state index contributed by atoms with van der Waals surface area (Å²) in [6.45, 7) is 5.90. The summed E-state index contributed by atoms with van der Waals surface area (Å²) in [5.74, 6) is 0.419. The molecule has 2 saturated heterocycles. The van der Waals surface area contributed by atoms with Gasteiger partial charge in [0.15, 0.2) is 0 Å². The number of nitrogens with zero attached hydrogens (tertiary/aromatic N) is 3. The van der Waals surface area contributed by atoms with E-state index < -0.39 is 0 Å². The number of amides is 1. The quantitative estimate of drug-likeness (QED) is 0.700. The van der Waals surface area contributed by atoms with E-state index in [2.05, 4.69) is 20.6 Å². The maximum absolute atomic E-state index is 12.2. The zero-order chi connectivity index (χ0) is 15.0. The molecule has 0 spiro atoms. The summed E-state index contributed by atoms with van der Waals surface area (Å²) in [5.41, 5.74) is 1.64. The van der Waals surface area contributed by atoms with Gasteiger partial charge in [-0.2, -0.15) is 5.10 Å². The number of fused-ring (bicyclic) bond motifs is 1. The number of halogens is 2. The van der Waals surface area contributed by atoms with Crippen LogP contribution >= 0.6 is 24.8 Å². The minimum atomic E-state index is -0.0650. The van der Waals surface area contributed by atoms with Crippen molar-refractivity contribution in [1.82, 2.24) is 20.0 Å². The molecule has 0 aromatic carbocycles. The fourth-order valence-electron chi connectivity index (χ4n) is 3.49. The van der Waals surface area contributed by atoms with E-state index in [1.165, 1.54) is 0 Å². The van der Waals surface area contributed by atoms with E-state index in [0.29, 0.717) is 12.5 Å². The average molecular weight is 366 g/mol. The lowest BCUT2D eigenvalue weighted by atomic mass is 9.82. The molecular weight excluding hydrogens is 341 g/mol. The lowest BCUT2D eigenvalue weighted by Gasteiger charge is -2.25. The maximum atomic E-state index is 12.2. The summed E-state index contributed by atoms with van der Waals surface area (Å²) >= 11 is 0. The largest absolute Gasteiger partial charge is 0.396 e. The van der Waals surface area contributed by atoms with Gasteiger partial charge in [0.05, 0.1) is 30.7 Å². The van der Waals surface area contributed by atoms with Crippen LogP contribution in [0, 0.1) is 18.3 Å². The predicted molar refractivity (Wildman–Crippen MR) is 93.4 cm³/mol. The van der Waals surface area contributed by atoms with E-state index in [9.17, 15) is 9.90 Å². The minimum absolute atomic E-state index is 0. The number of aryl methyl sites for hydroxylation is 1. The lowest BCUT2D eigenvalue weighted by molar-refractivity contribution is -0.117. The van der Waals surface area contributed by atoms with Crippen LogP contribution in [0.15, 0.2) is 6.20 Å². The number of aromatic nitrogens is 2. The molecule has 3 rings (SSSR count). The topological polar surface area (TPSA) is 82.4 Å². The van der Waals surface area contributed by atoms with Gasteiger partial charge in [0.2, 0.25) is 5.91 Å². The zero-order valence-corrected chi connectivity index (χ0v) is 15.0. The lowest BCUT2D eigenvalue weighted by Crippen LogP contribution is -2.38. The monoisotopic (exact) mass is 365 g/mol. The highest BCUT2D eigenvalue weighted by Gasteiger charge is 2.49. The van der Waals surface area contributed by atoms with E-state index in [4.69, 9.17) is 0 Å². The van der Waals surface area contributed by atoms with Crippen molar-refractivity contribution in [2.75, 3.05) is 44.6 Å². The smallest absolute Gasteiger partial charge is 0.238 e. The van der Waals surface area contributed by atoms with Gasteiger partial charge in [-0.1, -0.05) is 0 Å². The number of rotatable bonds is 4. The van der Waals surface area contributed by atoms with Crippen LogP contribution in [-0.2, 0) is 11.8 Å². The summed E-state index contributed by atoms with van der Waals surface area (Å²) in [5, 5.41) is 20.0. The van der Waals surface area contributed by atoms with Gasteiger partial charge in [0, 0.05) is 32.1 Å². The number of aliphatic hydroxyl groups excluding tert-OH is 1. The van der Waals surface area contributed by atoms with E-state index in [1.807, 2.05) is 14.0 Å². The molecule has 23 heavy (non-hydrogen) atoms. The molecule has 7 nitrogen and oxygen atoms in total. The van der Waals surface area contributed by atoms with E-state index in [-0.39, 0.29) is 42.7 Å². The molecule has 0 bridgehead atoms. The Bertz CT molecular complexity index is 553. The predicted octanol–water partition coefficient (Wildman–Crippen LogP) is 0.0243. The van der Waals surface area contributed by atoms with E-state index >= 15 is 0 Å². The summed E-state index contributed by atoms with van der Waals surface area (Å²) in [7, 11) is 1.85. The molecule has 0 radical (unpaired) electrons. The molecule has 1 aromatic heterocycles. The minimum Gasteiger partial charge on any atom is -0.396 e. The highest BCUT2D eigenvalue weighted by atomic mass is 35.5. The third-order valence-corrected chi connectivity index (χ3v) is 4.94. The Morgan fingerprint density at radius 1 is 1.57 bits per heavy atom. The Morgan fingerprint density at radius 3 is 2.87 bits per heavy atom. The first-order valence-corrected chi connectivity index (χ1v) is 7.36. The van der Waals surface area contributed by atoms with Crippen molar-refractivity contribution in [1.29, 1.82) is 0 Å². The molecule has 0 saturated carbocycles. The maximum Gasteiger partial charge on any atom is 0.238 e. The molecule has 2 aliphatic rings. The van der Waals surface area contributed by atoms with Crippen molar-refractivity contribution < 1.29 is 9.90 Å². The van der Waals surface area contributed by atoms with Gasteiger partial charge < -0.3 is 15.7 Å². The van der Waals surface area contributed by atoms with E-state index in [0.717, 1.165) is 37.6 Å². The molecule has 132 valence electrons. The summed E-state index contributed by atoms with van der Waals surface area (Å²) in [4.78, 5) is 14.3. The van der Waals surface area contributed by atoms with Crippen LogP contribution in [0.4, 0.5) is 5.69 Å². The average Bonchev–Trinajstić information content (AvgIpc) is 3.07. The first kappa shape index (κ1) is 20.2. The first-order chi connectivity index (χ1) is 10.0. The number of hydrogen-bond acceptors (Lipinski definition) is 5. The molecule has 2 unspecified atom stereocenters. The zero-order valence-electron chi connectivity index (χ0n) is 13.4. The fraction of sp³-hybridized carbons (Fsp3) is 0.714. The second kappa shape index (κ2) is 7.81. The first-order valence-electron chi connectivity index (χ1n) is 7.36. The molecule has 1 amide bonds. The van der Waals surface area contributed by atoms with Gasteiger partial charge in [-0.05, 0) is 19.4 Å². The fourth-order valence-corrected chi connectivity index (χ4v) is 3.49. The molecule has 3 heterocycles. The Morgan fingerprint density at radius 2 is 2.30 bits per heavy atom. The highest BCUT2D eigenvalue weighted by Crippen LogP contribution is 2.38. The van der Waals surface area contributed by atoms with Crippen molar-refractivity contribution in [2.45, 2.75) is 6.92 Å². The van der Waals surface area contributed by atoms with Crippen LogP contribution in [0.1, 0.15) is 5.69 Å². The normalized spacial score (nSPS) is 26.3. The number of hydrogen-bond donors (Lipinski definition) is 3. The number of anilines is 1. The third kappa shape index (κ3) is 3.80. The third-order valence-electron chi connectivity index (χ3n) is 4.94. The molecule has 1 aromatic rings. The van der Waals surface area contributed by atoms with Gasteiger partial charge in [-0.15, -0.1) is 24.8 Å². The molecular formula is C14H25Cl2N5O2. The van der Waals surface area contributed by atoms with Crippen molar-refractivity contribution in [2.24, 2.45) is 18.4 Å². The van der Waals surface area contributed by atoms with Crippen molar-refractivity contribution in [3.63, 3.8) is 0 Å². The van der Waals surface area contributed by atoms with Crippen LogP contribution in [0.2, 0.25) is 0 Å². The second-order valence-electron chi connectivity index (χ2n) is 6.33. The Balaban J connectivity index is 0.00000132. The van der Waals surface area contributed by atoms with Crippen LogP contribution < -0.4 is 10.6 Å². The van der Waals surface area contributed by atoms with E-state index in [1.54, 1.807) is 10.9 Å². The highest BCUT2D eigenvalue weighted by molar-refractivity contribution is 5.92. The van der Waals surface area contributed by atoms with Crippen LogP contribution in [-0.4, -0.2) is 65.0 Å². The molecule has 3 N–H and O–H groups in total. The van der Waals surface area contributed by atoms with Crippen molar-refractivity contribution >= 4 is 36.4 Å². The van der Waals surface area contributed by atoms with Crippen molar-refractivity contribution in [3.8, 4) is 0 Å². The number of carbonyl (C=O) groups is 1. The summed E-state index contributed by atoms with van der Waals surface area (Å²) in [6.07, 6.45) is 1.67. The Hall–Kier alpha value is -0.860.